The summed E-state index contributed by atoms with van der Waals surface area (Å²) in [4.78, 5) is 27.3. The van der Waals surface area contributed by atoms with Crippen molar-refractivity contribution in [3.05, 3.63) is 0 Å². The SMILES string of the molecule is O=C1NC[C@@H](C(=O)NOC2CCOCC2)O1. The van der Waals surface area contributed by atoms with Crippen LogP contribution in [0.3, 0.4) is 0 Å². The Bertz CT molecular complexity index is 277. The van der Waals surface area contributed by atoms with Gasteiger partial charge in [-0.2, -0.15) is 0 Å². The number of nitrogens with one attached hydrogen (secondary N) is 2. The first-order valence-corrected chi connectivity index (χ1v) is 5.23. The Morgan fingerprint density at radius 2 is 2.19 bits per heavy atom. The predicted molar refractivity (Wildman–Crippen MR) is 51.3 cm³/mol. The highest BCUT2D eigenvalue weighted by Gasteiger charge is 2.30. The maximum Gasteiger partial charge on any atom is 0.408 e. The average molecular weight is 230 g/mol. The van der Waals surface area contributed by atoms with Gasteiger partial charge in [-0.15, -0.1) is 0 Å². The number of hydrogen-bond acceptors (Lipinski definition) is 5. The largest absolute Gasteiger partial charge is 0.434 e. The number of alkyl carbamates (subject to hydrolysis) is 1. The molecular weight excluding hydrogens is 216 g/mol. The third-order valence-electron chi connectivity index (χ3n) is 2.47. The molecule has 7 nitrogen and oxygen atoms in total. The molecule has 2 heterocycles. The third-order valence-corrected chi connectivity index (χ3v) is 2.47. The Balaban J connectivity index is 1.68. The highest BCUT2D eigenvalue weighted by molar-refractivity contribution is 5.85. The van der Waals surface area contributed by atoms with E-state index in [-0.39, 0.29) is 12.6 Å². The van der Waals surface area contributed by atoms with Crippen LogP contribution in [0.2, 0.25) is 0 Å². The van der Waals surface area contributed by atoms with Gasteiger partial charge in [-0.1, -0.05) is 0 Å². The zero-order valence-electron chi connectivity index (χ0n) is 8.73. The standard InChI is InChI=1S/C9H14N2O5/c12-8(7-5-10-9(13)15-7)11-16-6-1-3-14-4-2-6/h6-7H,1-5H2,(H,10,13)(H,11,12)/t7-/m0/s1. The molecule has 1 atom stereocenters. The van der Waals surface area contributed by atoms with Crippen LogP contribution in [-0.2, 0) is 19.1 Å². The fourth-order valence-electron chi connectivity index (χ4n) is 1.54. The van der Waals surface area contributed by atoms with Crippen molar-refractivity contribution in [2.24, 2.45) is 0 Å². The minimum absolute atomic E-state index is 0.0252. The van der Waals surface area contributed by atoms with E-state index in [0.717, 1.165) is 12.8 Å². The predicted octanol–water partition coefficient (Wildman–Crippen LogP) is -0.678. The molecule has 0 aliphatic carbocycles. The first-order chi connectivity index (χ1) is 7.75. The molecular formula is C9H14N2O5. The van der Waals surface area contributed by atoms with E-state index in [9.17, 15) is 9.59 Å². The summed E-state index contributed by atoms with van der Waals surface area (Å²) < 4.78 is 9.84. The topological polar surface area (TPSA) is 85.9 Å². The van der Waals surface area contributed by atoms with E-state index in [0.29, 0.717) is 13.2 Å². The van der Waals surface area contributed by atoms with E-state index in [1.807, 2.05) is 0 Å². The number of carbonyl (C=O) groups excluding carboxylic acids is 2. The van der Waals surface area contributed by atoms with Crippen LogP contribution in [0.1, 0.15) is 12.8 Å². The summed E-state index contributed by atoms with van der Waals surface area (Å²) in [7, 11) is 0. The molecule has 2 amide bonds. The van der Waals surface area contributed by atoms with E-state index in [4.69, 9.17) is 14.3 Å². The van der Waals surface area contributed by atoms with Crippen LogP contribution in [0, 0.1) is 0 Å². The van der Waals surface area contributed by atoms with E-state index in [1.165, 1.54) is 0 Å². The summed E-state index contributed by atoms with van der Waals surface area (Å²) in [6.07, 6.45) is 0.104. The van der Waals surface area contributed by atoms with Crippen LogP contribution >= 0.6 is 0 Å². The number of amides is 2. The van der Waals surface area contributed by atoms with Gasteiger partial charge >= 0.3 is 6.09 Å². The lowest BCUT2D eigenvalue weighted by Crippen LogP contribution is -2.40. The fourth-order valence-corrected chi connectivity index (χ4v) is 1.54. The smallest absolute Gasteiger partial charge is 0.408 e. The molecule has 2 saturated heterocycles. The lowest BCUT2D eigenvalue weighted by atomic mass is 10.2. The number of ether oxygens (including phenoxy) is 2. The Hall–Kier alpha value is -1.34. The molecule has 0 aromatic rings. The number of cyclic esters (lactones) is 1. The molecule has 2 N–H and O–H groups in total. The van der Waals surface area contributed by atoms with Gasteiger partial charge < -0.3 is 14.8 Å². The molecule has 90 valence electrons. The Morgan fingerprint density at radius 3 is 2.81 bits per heavy atom. The van der Waals surface area contributed by atoms with Gasteiger partial charge in [0.1, 0.15) is 0 Å². The van der Waals surface area contributed by atoms with Gasteiger partial charge in [0, 0.05) is 13.2 Å². The molecule has 0 bridgehead atoms. The molecule has 0 unspecified atom stereocenters. The van der Waals surface area contributed by atoms with Crippen LogP contribution in [0.15, 0.2) is 0 Å². The van der Waals surface area contributed by atoms with E-state index < -0.39 is 18.1 Å². The van der Waals surface area contributed by atoms with E-state index >= 15 is 0 Å². The molecule has 0 aromatic heterocycles. The first kappa shape index (κ1) is 11.2. The maximum absolute atomic E-state index is 11.4. The van der Waals surface area contributed by atoms with Crippen LogP contribution in [0.25, 0.3) is 0 Å². The summed E-state index contributed by atoms with van der Waals surface area (Å²) in [5.74, 6) is -0.440. The van der Waals surface area contributed by atoms with Gasteiger partial charge in [0.25, 0.3) is 5.91 Å². The van der Waals surface area contributed by atoms with Gasteiger partial charge in [0.05, 0.1) is 12.6 Å². The quantitative estimate of drug-likeness (QED) is 0.627. The average Bonchev–Trinajstić information content (AvgIpc) is 2.74. The Morgan fingerprint density at radius 1 is 1.44 bits per heavy atom. The van der Waals surface area contributed by atoms with Crippen molar-refractivity contribution < 1.29 is 23.9 Å². The number of hydroxylamine groups is 1. The van der Waals surface area contributed by atoms with Gasteiger partial charge in [0.15, 0.2) is 0 Å². The summed E-state index contributed by atoms with van der Waals surface area (Å²) >= 11 is 0. The highest BCUT2D eigenvalue weighted by atomic mass is 16.7. The summed E-state index contributed by atoms with van der Waals surface area (Å²) in [5.41, 5.74) is 2.30. The van der Waals surface area contributed by atoms with Gasteiger partial charge in [-0.05, 0) is 12.8 Å². The van der Waals surface area contributed by atoms with Crippen molar-refractivity contribution in [2.75, 3.05) is 19.8 Å². The second-order valence-corrected chi connectivity index (χ2v) is 3.67. The zero-order chi connectivity index (χ0) is 11.4. The van der Waals surface area contributed by atoms with Crippen molar-refractivity contribution in [2.45, 2.75) is 25.0 Å². The van der Waals surface area contributed by atoms with Crippen LogP contribution < -0.4 is 10.8 Å². The van der Waals surface area contributed by atoms with Gasteiger partial charge in [-0.25, -0.2) is 10.3 Å². The van der Waals surface area contributed by atoms with E-state index in [1.54, 1.807) is 0 Å². The fraction of sp³-hybridized carbons (Fsp3) is 0.778. The van der Waals surface area contributed by atoms with Crippen LogP contribution in [0.4, 0.5) is 4.79 Å². The molecule has 7 heteroatoms. The van der Waals surface area contributed by atoms with Crippen LogP contribution in [0.5, 0.6) is 0 Å². The number of hydrogen-bond donors (Lipinski definition) is 2. The Kier molecular flexibility index (Phi) is 3.58. The lowest BCUT2D eigenvalue weighted by molar-refractivity contribution is -0.150. The van der Waals surface area contributed by atoms with Crippen molar-refractivity contribution in [1.29, 1.82) is 0 Å². The van der Waals surface area contributed by atoms with E-state index in [2.05, 4.69) is 10.8 Å². The molecule has 0 radical (unpaired) electrons. The summed E-state index contributed by atoms with van der Waals surface area (Å²) in [5, 5.41) is 2.39. The normalized spacial score (nSPS) is 26.0. The second kappa shape index (κ2) is 5.13. The lowest BCUT2D eigenvalue weighted by Gasteiger charge is -2.22. The number of rotatable bonds is 3. The zero-order valence-corrected chi connectivity index (χ0v) is 8.73. The molecule has 2 aliphatic rings. The second-order valence-electron chi connectivity index (χ2n) is 3.67. The van der Waals surface area contributed by atoms with Gasteiger partial charge in [0.2, 0.25) is 6.10 Å². The third kappa shape index (κ3) is 2.83. The molecule has 2 fully saturated rings. The monoisotopic (exact) mass is 230 g/mol. The van der Waals surface area contributed by atoms with Crippen molar-refractivity contribution >= 4 is 12.0 Å². The molecule has 2 aliphatic heterocycles. The molecule has 0 aromatic carbocycles. The minimum atomic E-state index is -0.799. The van der Waals surface area contributed by atoms with Crippen molar-refractivity contribution in [3.8, 4) is 0 Å². The van der Waals surface area contributed by atoms with Gasteiger partial charge in [-0.3, -0.25) is 9.63 Å². The Labute approximate surface area is 92.4 Å². The minimum Gasteiger partial charge on any atom is -0.434 e. The molecule has 16 heavy (non-hydrogen) atoms. The van der Waals surface area contributed by atoms with Crippen LogP contribution in [-0.4, -0.2) is 44.0 Å². The number of carbonyl (C=O) groups is 2. The molecule has 0 saturated carbocycles. The van der Waals surface area contributed by atoms with Crippen molar-refractivity contribution in [3.63, 3.8) is 0 Å². The summed E-state index contributed by atoms with van der Waals surface area (Å²) in [6, 6.07) is 0. The first-order valence-electron chi connectivity index (χ1n) is 5.23. The molecule has 0 spiro atoms. The summed E-state index contributed by atoms with van der Waals surface area (Å²) in [6.45, 7) is 1.46. The molecule has 2 rings (SSSR count). The maximum atomic E-state index is 11.4. The highest BCUT2D eigenvalue weighted by Crippen LogP contribution is 2.09. The van der Waals surface area contributed by atoms with Crippen molar-refractivity contribution in [1.82, 2.24) is 10.8 Å².